The maximum atomic E-state index is 13.4. The van der Waals surface area contributed by atoms with Crippen LogP contribution in [0.25, 0.3) is 11.1 Å². The lowest BCUT2D eigenvalue weighted by atomic mass is 9.96. The number of nitrogens with two attached hydrogens (primary N) is 1. The number of anilines is 2. The number of thioether (sulfide) groups is 1. The molecule has 12 heteroatoms. The summed E-state index contributed by atoms with van der Waals surface area (Å²) in [7, 11) is 5.87. The number of benzene rings is 2. The van der Waals surface area contributed by atoms with E-state index in [0.29, 0.717) is 45.7 Å². The predicted octanol–water partition coefficient (Wildman–Crippen LogP) is 5.58. The van der Waals surface area contributed by atoms with Crippen molar-refractivity contribution < 1.29 is 23.7 Å². The number of amides is 1. The van der Waals surface area contributed by atoms with Gasteiger partial charge in [0.1, 0.15) is 34.3 Å². The van der Waals surface area contributed by atoms with Crippen LogP contribution in [0.15, 0.2) is 29.3 Å². The first-order chi connectivity index (χ1) is 19.2. The summed E-state index contributed by atoms with van der Waals surface area (Å²) < 4.78 is 21.7. The molecule has 40 heavy (non-hydrogen) atoms. The fourth-order valence-corrected chi connectivity index (χ4v) is 5.17. The molecule has 3 aromatic rings. The smallest absolute Gasteiger partial charge is 0.238 e. The maximum Gasteiger partial charge on any atom is 0.238 e. The molecule has 0 bridgehead atoms. The lowest BCUT2D eigenvalue weighted by Crippen LogP contribution is -2.25. The normalized spacial score (nSPS) is 11.1. The van der Waals surface area contributed by atoms with E-state index in [1.165, 1.54) is 28.4 Å². The molecule has 0 aliphatic carbocycles. The van der Waals surface area contributed by atoms with Crippen LogP contribution < -0.4 is 30.0 Å². The third-order valence-electron chi connectivity index (χ3n) is 6.02. The molecule has 0 aliphatic rings. The van der Waals surface area contributed by atoms with Gasteiger partial charge in [0, 0.05) is 16.7 Å². The molecule has 0 saturated heterocycles. The number of carbonyl (C=O) groups is 1. The van der Waals surface area contributed by atoms with Gasteiger partial charge in [-0.2, -0.15) is 10.5 Å². The molecule has 0 fully saturated rings. The van der Waals surface area contributed by atoms with Gasteiger partial charge in [-0.3, -0.25) is 4.79 Å². The Hall–Kier alpha value is -4.32. The highest BCUT2D eigenvalue weighted by Gasteiger charge is 2.27. The predicted molar refractivity (Wildman–Crippen MR) is 154 cm³/mol. The molecular formula is C28H28ClN5O5S. The summed E-state index contributed by atoms with van der Waals surface area (Å²) in [6, 6.07) is 10.8. The second-order valence-electron chi connectivity index (χ2n) is 8.37. The van der Waals surface area contributed by atoms with Gasteiger partial charge < -0.3 is 30.0 Å². The number of rotatable bonds is 10. The van der Waals surface area contributed by atoms with Gasteiger partial charge in [0.25, 0.3) is 0 Å². The van der Waals surface area contributed by atoms with E-state index in [4.69, 9.17) is 36.3 Å². The summed E-state index contributed by atoms with van der Waals surface area (Å²) >= 11 is 7.27. The van der Waals surface area contributed by atoms with Crippen molar-refractivity contribution in [3.05, 3.63) is 46.0 Å². The zero-order chi connectivity index (χ0) is 29.6. The fourth-order valence-electron chi connectivity index (χ4n) is 4.00. The van der Waals surface area contributed by atoms with Gasteiger partial charge in [-0.05, 0) is 42.7 Å². The third-order valence-corrected chi connectivity index (χ3v) is 7.78. The van der Waals surface area contributed by atoms with Gasteiger partial charge in [-0.1, -0.05) is 30.3 Å². The second kappa shape index (κ2) is 13.2. The summed E-state index contributed by atoms with van der Waals surface area (Å²) in [5.41, 5.74) is 8.18. The molecular weight excluding hydrogens is 554 g/mol. The third kappa shape index (κ3) is 5.96. The number of nitriles is 2. The fraction of sp³-hybridized carbons (Fsp3) is 0.286. The number of nitrogens with zero attached hydrogens (tertiary/aromatic N) is 3. The molecule has 1 aromatic heterocycles. The number of halogens is 1. The number of aryl methyl sites for hydroxylation is 1. The van der Waals surface area contributed by atoms with Crippen molar-refractivity contribution >= 4 is 40.8 Å². The molecule has 2 aromatic carbocycles. The maximum absolute atomic E-state index is 13.4. The quantitative estimate of drug-likeness (QED) is 0.290. The summed E-state index contributed by atoms with van der Waals surface area (Å²) in [6.45, 7) is 3.65. The van der Waals surface area contributed by atoms with Crippen LogP contribution in [0, 0.1) is 29.6 Å². The van der Waals surface area contributed by atoms with Crippen molar-refractivity contribution in [2.24, 2.45) is 0 Å². The van der Waals surface area contributed by atoms with E-state index >= 15 is 0 Å². The highest BCUT2D eigenvalue weighted by Crippen LogP contribution is 2.45. The van der Waals surface area contributed by atoms with Crippen LogP contribution in [-0.4, -0.2) is 44.6 Å². The van der Waals surface area contributed by atoms with E-state index in [1.807, 2.05) is 19.9 Å². The Morgan fingerprint density at radius 3 is 2.12 bits per heavy atom. The van der Waals surface area contributed by atoms with Crippen LogP contribution in [0.2, 0.25) is 5.02 Å². The molecule has 1 atom stereocenters. The molecule has 3 rings (SSSR count). The summed E-state index contributed by atoms with van der Waals surface area (Å²) in [5, 5.41) is 23.1. The molecule has 208 valence electrons. The van der Waals surface area contributed by atoms with Crippen molar-refractivity contribution in [2.45, 2.75) is 30.5 Å². The van der Waals surface area contributed by atoms with Crippen LogP contribution in [0.4, 0.5) is 11.5 Å². The first-order valence-electron chi connectivity index (χ1n) is 11.9. The minimum absolute atomic E-state index is 0.00838. The number of nitrogens with one attached hydrogen (secondary N) is 1. The highest BCUT2D eigenvalue weighted by molar-refractivity contribution is 8.00. The van der Waals surface area contributed by atoms with Gasteiger partial charge in [-0.25, -0.2) is 4.98 Å². The number of nitrogen functional groups attached to an aromatic ring is 1. The Bertz CT molecular complexity index is 1510. The molecule has 1 unspecified atom stereocenters. The summed E-state index contributed by atoms with van der Waals surface area (Å²) in [4.78, 5) is 17.7. The number of aromatic nitrogens is 1. The number of carbonyl (C=O) groups excluding carboxylic acids is 1. The molecule has 1 heterocycles. The number of ether oxygens (including phenoxy) is 4. The molecule has 0 aliphatic heterocycles. The van der Waals surface area contributed by atoms with Crippen molar-refractivity contribution in [1.82, 2.24) is 4.98 Å². The Morgan fingerprint density at radius 2 is 1.62 bits per heavy atom. The largest absolute Gasteiger partial charge is 0.495 e. The lowest BCUT2D eigenvalue weighted by molar-refractivity contribution is -0.115. The van der Waals surface area contributed by atoms with Crippen LogP contribution in [0.3, 0.4) is 0 Å². The van der Waals surface area contributed by atoms with E-state index in [9.17, 15) is 15.3 Å². The topological polar surface area (TPSA) is 153 Å². The Morgan fingerprint density at radius 1 is 1.02 bits per heavy atom. The van der Waals surface area contributed by atoms with Crippen molar-refractivity contribution in [3.63, 3.8) is 0 Å². The zero-order valence-electron chi connectivity index (χ0n) is 22.8. The van der Waals surface area contributed by atoms with Gasteiger partial charge in [0.05, 0.1) is 44.9 Å². The van der Waals surface area contributed by atoms with E-state index in [2.05, 4.69) is 16.4 Å². The lowest BCUT2D eigenvalue weighted by Gasteiger charge is -2.19. The number of pyridine rings is 1. The second-order valence-corrected chi connectivity index (χ2v) is 9.97. The zero-order valence-corrected chi connectivity index (χ0v) is 24.4. The summed E-state index contributed by atoms with van der Waals surface area (Å²) in [6.07, 6.45) is 0.400. The van der Waals surface area contributed by atoms with E-state index < -0.39 is 5.25 Å². The highest BCUT2D eigenvalue weighted by atomic mass is 35.5. The minimum atomic E-state index is -0.666. The minimum Gasteiger partial charge on any atom is -0.495 e. The molecule has 0 spiro atoms. The van der Waals surface area contributed by atoms with Crippen LogP contribution in [0.1, 0.15) is 30.0 Å². The van der Waals surface area contributed by atoms with Crippen LogP contribution in [-0.2, 0) is 4.79 Å². The molecule has 1 amide bonds. The van der Waals surface area contributed by atoms with Crippen molar-refractivity contribution in [2.75, 3.05) is 39.5 Å². The summed E-state index contributed by atoms with van der Waals surface area (Å²) in [5.74, 6) is 0.984. The molecule has 0 saturated carbocycles. The first kappa shape index (κ1) is 30.2. The van der Waals surface area contributed by atoms with Gasteiger partial charge in [0.15, 0.2) is 11.5 Å². The van der Waals surface area contributed by atoms with Crippen molar-refractivity contribution in [1.29, 1.82) is 10.5 Å². The van der Waals surface area contributed by atoms with E-state index in [-0.39, 0.29) is 33.4 Å². The average Bonchev–Trinajstić information content (AvgIpc) is 2.96. The number of hydrogen-bond donors (Lipinski definition) is 2. The van der Waals surface area contributed by atoms with Crippen LogP contribution >= 0.6 is 23.4 Å². The monoisotopic (exact) mass is 581 g/mol. The van der Waals surface area contributed by atoms with Gasteiger partial charge >= 0.3 is 0 Å². The molecule has 3 N–H and O–H groups in total. The Labute approximate surface area is 241 Å². The molecule has 10 nitrogen and oxygen atoms in total. The van der Waals surface area contributed by atoms with E-state index in [0.717, 1.165) is 17.3 Å². The first-order valence-corrected chi connectivity index (χ1v) is 13.2. The standard InChI is InChI=1S/C28H28ClN5O5S/c1-7-23(27(35)33-19-8-14(2)18(29)11-20(19)36-3)40-28-17(13-31)24(16(12-30)26(32)34-28)15-9-21(37-4)25(39-6)22(10-15)38-5/h8-11,23H,7H2,1-6H3,(H2,32,34)(H,33,35). The van der Waals surface area contributed by atoms with Crippen molar-refractivity contribution in [3.8, 4) is 46.3 Å². The molecule has 0 radical (unpaired) electrons. The Balaban J connectivity index is 2.12. The number of hydrogen-bond acceptors (Lipinski definition) is 10. The Kier molecular flexibility index (Phi) is 9.94. The average molecular weight is 582 g/mol. The van der Waals surface area contributed by atoms with E-state index in [1.54, 1.807) is 24.3 Å². The van der Waals surface area contributed by atoms with Gasteiger partial charge in [-0.15, -0.1) is 0 Å². The van der Waals surface area contributed by atoms with Crippen LogP contribution in [0.5, 0.6) is 23.0 Å². The van der Waals surface area contributed by atoms with Gasteiger partial charge in [0.2, 0.25) is 11.7 Å². The SMILES string of the molecule is CCC(Sc1nc(N)c(C#N)c(-c2cc(OC)c(OC)c(OC)c2)c1C#N)C(=O)Nc1cc(C)c(Cl)cc1OC. The number of methoxy groups -OCH3 is 4.